The van der Waals surface area contributed by atoms with Gasteiger partial charge in [-0.1, -0.05) is 58.4 Å². The minimum Gasteiger partial charge on any atom is -0.292 e. The van der Waals surface area contributed by atoms with Gasteiger partial charge in [-0.05, 0) is 38.4 Å². The highest BCUT2D eigenvalue weighted by molar-refractivity contribution is 6.03. The van der Waals surface area contributed by atoms with E-state index in [1.807, 2.05) is 12.1 Å². The number of carbonyl (C=O) groups excluding carboxylic acids is 1. The summed E-state index contributed by atoms with van der Waals surface area (Å²) in [7, 11) is 0. The number of rotatable bonds is 8. The molecule has 0 amide bonds. The maximum atomic E-state index is 12.9. The molecule has 0 heterocycles. The van der Waals surface area contributed by atoms with Crippen LogP contribution in [0.3, 0.4) is 0 Å². The highest BCUT2D eigenvalue weighted by Crippen LogP contribution is 2.24. The van der Waals surface area contributed by atoms with E-state index in [0.717, 1.165) is 37.9 Å². The molecule has 0 radical (unpaired) electrons. The molecule has 0 aromatic heterocycles. The molecule has 0 spiro atoms. The largest absolute Gasteiger partial charge is 0.292 e. The lowest BCUT2D eigenvalue weighted by Gasteiger charge is -2.38. The van der Waals surface area contributed by atoms with Crippen molar-refractivity contribution in [1.29, 1.82) is 0 Å². The molecule has 1 atom stereocenters. The molecule has 0 aliphatic heterocycles. The van der Waals surface area contributed by atoms with E-state index >= 15 is 0 Å². The van der Waals surface area contributed by atoms with E-state index in [2.05, 4.69) is 51.7 Å². The number of carbonyl (C=O) groups is 1. The van der Waals surface area contributed by atoms with Gasteiger partial charge in [-0.3, -0.25) is 9.69 Å². The fourth-order valence-corrected chi connectivity index (χ4v) is 2.87. The third-order valence-electron chi connectivity index (χ3n) is 4.39. The van der Waals surface area contributed by atoms with Crippen LogP contribution >= 0.6 is 0 Å². The Morgan fingerprint density at radius 2 is 1.60 bits per heavy atom. The molecule has 1 rings (SSSR count). The quantitative estimate of drug-likeness (QED) is 0.658. The van der Waals surface area contributed by atoms with Crippen LogP contribution in [0.1, 0.15) is 63.4 Å². The minimum absolute atomic E-state index is 0.242. The molecule has 1 unspecified atom stereocenters. The second kappa shape index (κ2) is 7.58. The Morgan fingerprint density at radius 3 is 2.00 bits per heavy atom. The van der Waals surface area contributed by atoms with Crippen LogP contribution in [0.2, 0.25) is 0 Å². The van der Waals surface area contributed by atoms with E-state index < -0.39 is 5.54 Å². The Balaban J connectivity index is 3.01. The smallest absolute Gasteiger partial charge is 0.182 e. The van der Waals surface area contributed by atoms with Gasteiger partial charge in [0.05, 0.1) is 5.54 Å². The van der Waals surface area contributed by atoms with Gasteiger partial charge in [-0.25, -0.2) is 0 Å². The highest BCUT2D eigenvalue weighted by Gasteiger charge is 2.36. The average molecular weight is 275 g/mol. The Hall–Kier alpha value is -1.15. The van der Waals surface area contributed by atoms with Gasteiger partial charge >= 0.3 is 0 Å². The van der Waals surface area contributed by atoms with Crippen molar-refractivity contribution in [2.45, 2.75) is 59.4 Å². The fourth-order valence-electron chi connectivity index (χ4n) is 2.87. The van der Waals surface area contributed by atoms with Gasteiger partial charge in [0.25, 0.3) is 0 Å². The predicted molar refractivity (Wildman–Crippen MR) is 86.4 cm³/mol. The van der Waals surface area contributed by atoms with E-state index in [1.54, 1.807) is 0 Å². The number of ketones is 1. The Kier molecular flexibility index (Phi) is 6.41. The molecule has 0 aliphatic rings. The molecule has 2 nitrogen and oxygen atoms in total. The van der Waals surface area contributed by atoms with Gasteiger partial charge in [-0.2, -0.15) is 0 Å². The topological polar surface area (TPSA) is 20.3 Å². The maximum Gasteiger partial charge on any atom is 0.182 e. The Labute approximate surface area is 124 Å². The molecule has 20 heavy (non-hydrogen) atoms. The Morgan fingerprint density at radius 1 is 1.05 bits per heavy atom. The van der Waals surface area contributed by atoms with Gasteiger partial charge in [0.15, 0.2) is 5.78 Å². The zero-order valence-electron chi connectivity index (χ0n) is 13.7. The molecular formula is C18H29NO. The van der Waals surface area contributed by atoms with Gasteiger partial charge in [0.1, 0.15) is 0 Å². The summed E-state index contributed by atoms with van der Waals surface area (Å²) in [5, 5.41) is 0. The number of nitrogens with zero attached hydrogens (tertiary/aromatic N) is 1. The van der Waals surface area contributed by atoms with Crippen molar-refractivity contribution >= 4 is 5.78 Å². The Bertz CT molecular complexity index is 420. The molecule has 0 N–H and O–H groups in total. The zero-order chi connectivity index (χ0) is 15.2. The lowest BCUT2D eigenvalue weighted by molar-refractivity contribution is 0.0608. The summed E-state index contributed by atoms with van der Waals surface area (Å²) in [5.74, 6) is 0.242. The number of hydrogen-bond acceptors (Lipinski definition) is 2. The molecule has 112 valence electrons. The molecule has 2 heteroatoms. The van der Waals surface area contributed by atoms with E-state index in [0.29, 0.717) is 0 Å². The number of benzene rings is 1. The van der Waals surface area contributed by atoms with E-state index in [4.69, 9.17) is 0 Å². The highest BCUT2D eigenvalue weighted by atomic mass is 16.1. The second-order valence-electron chi connectivity index (χ2n) is 5.58. The summed E-state index contributed by atoms with van der Waals surface area (Å²) >= 11 is 0. The van der Waals surface area contributed by atoms with Gasteiger partial charge in [-0.15, -0.1) is 0 Å². The second-order valence-corrected chi connectivity index (χ2v) is 5.58. The van der Waals surface area contributed by atoms with Crippen LogP contribution in [-0.2, 0) is 6.42 Å². The van der Waals surface area contributed by atoms with Crippen LogP contribution in [-0.4, -0.2) is 29.3 Å². The molecule has 0 bridgehead atoms. The summed E-state index contributed by atoms with van der Waals surface area (Å²) in [6.45, 7) is 12.4. The number of likely N-dealkylation sites (N-methyl/N-ethyl adjacent to an activating group) is 1. The summed E-state index contributed by atoms with van der Waals surface area (Å²) in [6.07, 6.45) is 3.05. The van der Waals surface area contributed by atoms with Crippen LogP contribution in [0.15, 0.2) is 24.3 Å². The van der Waals surface area contributed by atoms with Crippen molar-refractivity contribution in [3.8, 4) is 0 Å². The van der Waals surface area contributed by atoms with Crippen molar-refractivity contribution in [2.24, 2.45) is 0 Å². The third-order valence-corrected chi connectivity index (χ3v) is 4.39. The van der Waals surface area contributed by atoms with Crippen LogP contribution in [0.4, 0.5) is 0 Å². The van der Waals surface area contributed by atoms with E-state index in [9.17, 15) is 4.79 Å². The SMILES string of the molecule is CCCc1ccc(C(=O)C(C)(CC)N(CC)CC)cc1. The first-order valence-corrected chi connectivity index (χ1v) is 7.92. The molecule has 1 aromatic carbocycles. The van der Waals surface area contributed by atoms with E-state index in [1.165, 1.54) is 5.56 Å². The lowest BCUT2D eigenvalue weighted by Crippen LogP contribution is -2.51. The molecule has 1 aromatic rings. The lowest BCUT2D eigenvalue weighted by atomic mass is 9.86. The summed E-state index contributed by atoms with van der Waals surface area (Å²) < 4.78 is 0. The number of aryl methyl sites for hydroxylation is 1. The van der Waals surface area contributed by atoms with Gasteiger partial charge < -0.3 is 0 Å². The first-order chi connectivity index (χ1) is 9.53. The van der Waals surface area contributed by atoms with Gasteiger partial charge in [0, 0.05) is 5.56 Å². The van der Waals surface area contributed by atoms with Crippen molar-refractivity contribution in [3.63, 3.8) is 0 Å². The first-order valence-electron chi connectivity index (χ1n) is 7.92. The molecule has 0 saturated carbocycles. The summed E-state index contributed by atoms with van der Waals surface area (Å²) in [5.41, 5.74) is 1.75. The van der Waals surface area contributed by atoms with Gasteiger partial charge in [0.2, 0.25) is 0 Å². The minimum atomic E-state index is -0.393. The predicted octanol–water partition coefficient (Wildman–Crippen LogP) is 4.33. The first kappa shape index (κ1) is 16.9. The monoisotopic (exact) mass is 275 g/mol. The fraction of sp³-hybridized carbons (Fsp3) is 0.611. The summed E-state index contributed by atoms with van der Waals surface area (Å²) in [4.78, 5) is 15.1. The summed E-state index contributed by atoms with van der Waals surface area (Å²) in [6, 6.07) is 8.17. The van der Waals surface area contributed by atoms with Crippen molar-refractivity contribution in [3.05, 3.63) is 35.4 Å². The van der Waals surface area contributed by atoms with Crippen molar-refractivity contribution in [2.75, 3.05) is 13.1 Å². The molecule has 0 saturated heterocycles. The molecule has 0 aliphatic carbocycles. The number of Topliss-reactive ketones (excluding diaryl/α,β-unsaturated/α-hetero) is 1. The maximum absolute atomic E-state index is 12.9. The van der Waals surface area contributed by atoms with Crippen LogP contribution in [0.25, 0.3) is 0 Å². The standard InChI is InChI=1S/C18H29NO/c1-6-10-15-11-13-16(14-12-15)17(20)18(5,7-2)19(8-3)9-4/h11-14H,6-10H2,1-5H3. The van der Waals surface area contributed by atoms with Crippen LogP contribution in [0.5, 0.6) is 0 Å². The van der Waals surface area contributed by atoms with E-state index in [-0.39, 0.29) is 5.78 Å². The normalized spacial score (nSPS) is 14.3. The van der Waals surface area contributed by atoms with Crippen LogP contribution in [0, 0.1) is 0 Å². The average Bonchev–Trinajstić information content (AvgIpc) is 2.48. The molecular weight excluding hydrogens is 246 g/mol. The van der Waals surface area contributed by atoms with Crippen molar-refractivity contribution < 1.29 is 4.79 Å². The number of hydrogen-bond donors (Lipinski definition) is 0. The van der Waals surface area contributed by atoms with Crippen molar-refractivity contribution in [1.82, 2.24) is 4.90 Å². The third kappa shape index (κ3) is 3.49. The van der Waals surface area contributed by atoms with Crippen LogP contribution < -0.4 is 0 Å². The zero-order valence-corrected chi connectivity index (χ0v) is 13.7. The molecule has 0 fully saturated rings.